The highest BCUT2D eigenvalue weighted by atomic mass is 35.5. The molecule has 0 saturated heterocycles. The standard InChI is InChI=1S/C18H9Cl2NO5S/c19-11-7-8-14(20)15(9-11)27(24,25)26-21-17(22)12-5-1-3-10-4-2-6-13(16(10)12)18(21)23/h1-9H. The van der Waals surface area contributed by atoms with Crippen LogP contribution in [0, 0.1) is 0 Å². The monoisotopic (exact) mass is 421 g/mol. The van der Waals surface area contributed by atoms with Crippen LogP contribution in [0.4, 0.5) is 0 Å². The molecule has 6 nitrogen and oxygen atoms in total. The molecule has 0 atom stereocenters. The quantitative estimate of drug-likeness (QED) is 0.595. The first-order chi connectivity index (χ1) is 12.8. The molecule has 0 saturated carbocycles. The minimum Gasteiger partial charge on any atom is -0.266 e. The summed E-state index contributed by atoms with van der Waals surface area (Å²) in [5.41, 5.74) is 0.324. The molecule has 0 aromatic heterocycles. The molecule has 0 bridgehead atoms. The minimum absolute atomic E-state index is 0.105. The molecule has 0 N–H and O–H groups in total. The molecule has 1 aliphatic rings. The number of benzene rings is 3. The third-order valence-electron chi connectivity index (χ3n) is 4.07. The van der Waals surface area contributed by atoms with Gasteiger partial charge in [0, 0.05) is 10.4 Å². The van der Waals surface area contributed by atoms with Gasteiger partial charge in [-0.25, -0.2) is 0 Å². The van der Waals surface area contributed by atoms with Crippen LogP contribution in [0.15, 0.2) is 59.5 Å². The molecule has 3 aromatic carbocycles. The Balaban J connectivity index is 1.81. The van der Waals surface area contributed by atoms with Crippen molar-refractivity contribution < 1.29 is 22.3 Å². The highest BCUT2D eigenvalue weighted by Gasteiger charge is 2.38. The van der Waals surface area contributed by atoms with Crippen molar-refractivity contribution in [2.45, 2.75) is 4.90 Å². The summed E-state index contributed by atoms with van der Waals surface area (Å²) in [4.78, 5) is 25.0. The van der Waals surface area contributed by atoms with E-state index in [1.807, 2.05) is 0 Å². The zero-order valence-corrected chi connectivity index (χ0v) is 15.7. The molecule has 1 aliphatic heterocycles. The first-order valence-electron chi connectivity index (χ1n) is 7.60. The number of halogens is 2. The minimum atomic E-state index is -4.58. The lowest BCUT2D eigenvalue weighted by Crippen LogP contribution is -2.41. The van der Waals surface area contributed by atoms with E-state index in [0.29, 0.717) is 10.8 Å². The normalized spacial score (nSPS) is 14.1. The molecule has 2 amide bonds. The second kappa shape index (κ2) is 6.31. The second-order valence-corrected chi connectivity index (χ2v) is 8.06. The van der Waals surface area contributed by atoms with Gasteiger partial charge in [0.05, 0.1) is 16.1 Å². The van der Waals surface area contributed by atoms with Crippen LogP contribution in [0.5, 0.6) is 0 Å². The van der Waals surface area contributed by atoms with Gasteiger partial charge < -0.3 is 0 Å². The summed E-state index contributed by atoms with van der Waals surface area (Å²) in [6.45, 7) is 0. The van der Waals surface area contributed by atoms with Crippen molar-refractivity contribution in [2.24, 2.45) is 0 Å². The van der Waals surface area contributed by atoms with Gasteiger partial charge in [0.2, 0.25) is 0 Å². The van der Waals surface area contributed by atoms with Crippen molar-refractivity contribution in [1.29, 1.82) is 0 Å². The molecule has 0 aliphatic carbocycles. The number of nitrogens with zero attached hydrogens (tertiary/aromatic N) is 1. The molecule has 0 unspecified atom stereocenters. The Morgan fingerprint density at radius 1 is 0.852 bits per heavy atom. The van der Waals surface area contributed by atoms with E-state index in [2.05, 4.69) is 0 Å². The van der Waals surface area contributed by atoms with Crippen LogP contribution in [-0.4, -0.2) is 25.3 Å². The largest absolute Gasteiger partial charge is 0.319 e. The first-order valence-corrected chi connectivity index (χ1v) is 9.76. The van der Waals surface area contributed by atoms with E-state index < -0.39 is 26.8 Å². The van der Waals surface area contributed by atoms with E-state index >= 15 is 0 Å². The van der Waals surface area contributed by atoms with E-state index in [4.69, 9.17) is 27.5 Å². The molecule has 0 spiro atoms. The van der Waals surface area contributed by atoms with Gasteiger partial charge in [-0.1, -0.05) is 47.5 Å². The highest BCUT2D eigenvalue weighted by molar-refractivity contribution is 7.86. The Labute approximate surface area is 163 Å². The molecule has 3 aromatic rings. The topological polar surface area (TPSA) is 80.8 Å². The van der Waals surface area contributed by atoms with E-state index in [-0.39, 0.29) is 26.2 Å². The predicted octanol–water partition coefficient (Wildman–Crippen LogP) is 4.06. The Hall–Kier alpha value is -2.45. The van der Waals surface area contributed by atoms with Gasteiger partial charge in [-0.05, 0) is 35.7 Å². The van der Waals surface area contributed by atoms with Gasteiger partial charge in [0.25, 0.3) is 11.8 Å². The van der Waals surface area contributed by atoms with Crippen LogP contribution < -0.4 is 0 Å². The van der Waals surface area contributed by atoms with E-state index in [9.17, 15) is 18.0 Å². The Kier molecular flexibility index (Phi) is 4.20. The second-order valence-electron chi connectivity index (χ2n) is 5.72. The van der Waals surface area contributed by atoms with E-state index in [1.54, 1.807) is 24.3 Å². The summed E-state index contributed by atoms with van der Waals surface area (Å²) < 4.78 is 30.1. The number of carbonyl (C=O) groups excluding carboxylic acids is 2. The fourth-order valence-corrected chi connectivity index (χ4v) is 4.51. The van der Waals surface area contributed by atoms with Crippen LogP contribution in [0.3, 0.4) is 0 Å². The van der Waals surface area contributed by atoms with Gasteiger partial charge >= 0.3 is 10.1 Å². The fourth-order valence-electron chi connectivity index (χ4n) is 2.88. The maximum Gasteiger partial charge on any atom is 0.319 e. The molecule has 136 valence electrons. The van der Waals surface area contributed by atoms with E-state index in [1.165, 1.54) is 24.3 Å². The number of hydrogen-bond donors (Lipinski definition) is 0. The van der Waals surface area contributed by atoms with Gasteiger partial charge in [-0.2, -0.15) is 8.42 Å². The average molecular weight is 422 g/mol. The number of amides is 2. The summed E-state index contributed by atoms with van der Waals surface area (Å²) in [5, 5.41) is 1.32. The maximum absolute atomic E-state index is 12.7. The summed E-state index contributed by atoms with van der Waals surface area (Å²) in [7, 11) is -4.58. The summed E-state index contributed by atoms with van der Waals surface area (Å²) >= 11 is 11.7. The summed E-state index contributed by atoms with van der Waals surface area (Å²) in [5.74, 6) is -1.77. The number of imide groups is 1. The highest BCUT2D eigenvalue weighted by Crippen LogP contribution is 2.32. The molecule has 0 fully saturated rings. The van der Waals surface area contributed by atoms with Crippen LogP contribution in [0.2, 0.25) is 10.0 Å². The van der Waals surface area contributed by atoms with Crippen LogP contribution in [0.25, 0.3) is 10.8 Å². The van der Waals surface area contributed by atoms with Crippen molar-refractivity contribution in [2.75, 3.05) is 0 Å². The number of hydroxylamine groups is 2. The van der Waals surface area contributed by atoms with Crippen molar-refractivity contribution in [1.82, 2.24) is 5.06 Å². The predicted molar refractivity (Wildman–Crippen MR) is 99.2 cm³/mol. The van der Waals surface area contributed by atoms with Crippen LogP contribution in [-0.2, 0) is 14.4 Å². The lowest BCUT2D eigenvalue weighted by Gasteiger charge is -2.25. The van der Waals surface area contributed by atoms with Gasteiger partial charge in [-0.3, -0.25) is 9.59 Å². The first kappa shape index (κ1) is 17.9. The Morgan fingerprint density at radius 2 is 1.44 bits per heavy atom. The van der Waals surface area contributed by atoms with Crippen molar-refractivity contribution in [3.63, 3.8) is 0 Å². The molecular weight excluding hydrogens is 413 g/mol. The van der Waals surface area contributed by atoms with E-state index in [0.717, 1.165) is 6.07 Å². The number of hydrogen-bond acceptors (Lipinski definition) is 5. The van der Waals surface area contributed by atoms with Gasteiger partial charge in [0.15, 0.2) is 0 Å². The summed E-state index contributed by atoms with van der Waals surface area (Å²) in [6.07, 6.45) is 0. The lowest BCUT2D eigenvalue weighted by molar-refractivity contribution is -0.0155. The molecule has 4 rings (SSSR count). The zero-order valence-electron chi connectivity index (χ0n) is 13.3. The zero-order chi connectivity index (χ0) is 19.3. The molecular formula is C18H9Cl2NO5S. The van der Waals surface area contributed by atoms with Crippen LogP contribution in [0.1, 0.15) is 20.7 Å². The molecule has 1 heterocycles. The molecule has 9 heteroatoms. The van der Waals surface area contributed by atoms with Crippen molar-refractivity contribution in [3.05, 3.63) is 75.8 Å². The van der Waals surface area contributed by atoms with Crippen LogP contribution >= 0.6 is 23.2 Å². The SMILES string of the molecule is O=C1c2cccc3cccc(c23)C(=O)N1OS(=O)(=O)c1cc(Cl)ccc1Cl. The fraction of sp³-hybridized carbons (Fsp3) is 0. The average Bonchev–Trinajstić information content (AvgIpc) is 2.65. The Bertz CT molecular complexity index is 1190. The third kappa shape index (κ3) is 2.89. The lowest BCUT2D eigenvalue weighted by atomic mass is 9.95. The maximum atomic E-state index is 12.7. The van der Waals surface area contributed by atoms with Crippen molar-refractivity contribution >= 4 is 55.9 Å². The Morgan fingerprint density at radius 3 is 2.04 bits per heavy atom. The number of rotatable bonds is 3. The number of carbonyl (C=O) groups is 2. The third-order valence-corrected chi connectivity index (χ3v) is 5.97. The van der Waals surface area contributed by atoms with Gasteiger partial charge in [0.1, 0.15) is 4.90 Å². The summed E-state index contributed by atoms with van der Waals surface area (Å²) in [6, 6.07) is 13.5. The molecule has 27 heavy (non-hydrogen) atoms. The smallest absolute Gasteiger partial charge is 0.266 e. The van der Waals surface area contributed by atoms with Gasteiger partial charge in [-0.15, -0.1) is 9.35 Å². The molecule has 0 radical (unpaired) electrons. The van der Waals surface area contributed by atoms with Crippen molar-refractivity contribution in [3.8, 4) is 0 Å².